The average molecular weight is 470 g/mol. The lowest BCUT2D eigenvalue weighted by Gasteiger charge is -2.16. The lowest BCUT2D eigenvalue weighted by atomic mass is 10.1. The first-order valence-electron chi connectivity index (χ1n) is 10.9. The van der Waals surface area contributed by atoms with Crippen molar-refractivity contribution < 1.29 is 4.79 Å². The highest BCUT2D eigenvalue weighted by Crippen LogP contribution is 2.25. The monoisotopic (exact) mass is 469 g/mol. The van der Waals surface area contributed by atoms with Crippen LogP contribution in [0.1, 0.15) is 27.3 Å². The number of aromatic nitrogens is 4. The minimum absolute atomic E-state index is 0.178. The third-order valence-electron chi connectivity index (χ3n) is 5.60. The van der Waals surface area contributed by atoms with Gasteiger partial charge in [-0.2, -0.15) is 5.10 Å². The van der Waals surface area contributed by atoms with E-state index in [0.717, 1.165) is 16.7 Å². The van der Waals surface area contributed by atoms with Crippen molar-refractivity contribution in [3.8, 4) is 11.3 Å². The number of benzene rings is 2. The third-order valence-corrected chi connectivity index (χ3v) is 6.50. The molecule has 0 unspecified atom stereocenters. The second-order valence-corrected chi connectivity index (χ2v) is 9.17. The predicted octanol–water partition coefficient (Wildman–Crippen LogP) is 4.48. The van der Waals surface area contributed by atoms with Crippen LogP contribution in [-0.2, 0) is 13.1 Å². The minimum Gasteiger partial charge on any atom is -0.334 e. The van der Waals surface area contributed by atoms with Gasteiger partial charge in [-0.15, -0.1) is 11.3 Å². The molecule has 0 fully saturated rings. The molecule has 8 heteroatoms. The number of carbonyl (C=O) groups is 1. The lowest BCUT2D eigenvalue weighted by Crippen LogP contribution is -2.28. The van der Waals surface area contributed by atoms with Crippen molar-refractivity contribution in [3.63, 3.8) is 0 Å². The van der Waals surface area contributed by atoms with E-state index in [4.69, 9.17) is 5.10 Å². The van der Waals surface area contributed by atoms with Gasteiger partial charge in [0.25, 0.3) is 11.5 Å². The van der Waals surface area contributed by atoms with Gasteiger partial charge in [0.2, 0.25) is 0 Å². The van der Waals surface area contributed by atoms with Crippen LogP contribution in [0.3, 0.4) is 0 Å². The van der Waals surface area contributed by atoms with Crippen molar-refractivity contribution in [2.75, 3.05) is 7.05 Å². The lowest BCUT2D eigenvalue weighted by molar-refractivity contribution is 0.0782. The van der Waals surface area contributed by atoms with E-state index in [2.05, 4.69) is 9.97 Å². The molecule has 2 aromatic carbocycles. The Hall–Kier alpha value is -4.04. The van der Waals surface area contributed by atoms with Crippen molar-refractivity contribution in [3.05, 3.63) is 105 Å². The summed E-state index contributed by atoms with van der Waals surface area (Å²) in [6.45, 7) is 2.76. The van der Waals surface area contributed by atoms with Gasteiger partial charge in [-0.25, -0.2) is 4.98 Å². The van der Waals surface area contributed by atoms with Gasteiger partial charge in [0.15, 0.2) is 0 Å². The summed E-state index contributed by atoms with van der Waals surface area (Å²) in [4.78, 5) is 34.7. The largest absolute Gasteiger partial charge is 0.334 e. The van der Waals surface area contributed by atoms with Gasteiger partial charge in [-0.05, 0) is 23.9 Å². The Bertz CT molecular complexity index is 1520. The zero-order chi connectivity index (χ0) is 23.7. The van der Waals surface area contributed by atoms with E-state index in [-0.39, 0.29) is 18.0 Å². The van der Waals surface area contributed by atoms with E-state index in [1.54, 1.807) is 22.8 Å². The fraction of sp³-hybridized carbons (Fsp3) is 0.154. The molecule has 1 amide bonds. The molecule has 5 rings (SSSR count). The maximum Gasteiger partial charge on any atom is 0.268 e. The zero-order valence-corrected chi connectivity index (χ0v) is 19.7. The summed E-state index contributed by atoms with van der Waals surface area (Å²) in [5.41, 5.74) is 4.69. The molecule has 0 aliphatic heterocycles. The third kappa shape index (κ3) is 4.40. The van der Waals surface area contributed by atoms with Crippen LogP contribution in [-0.4, -0.2) is 37.6 Å². The number of H-pyrrole nitrogens is 1. The van der Waals surface area contributed by atoms with Crippen LogP contribution in [0, 0.1) is 6.92 Å². The highest BCUT2D eigenvalue weighted by molar-refractivity contribution is 7.17. The first kappa shape index (κ1) is 21.8. The van der Waals surface area contributed by atoms with Crippen LogP contribution in [0.4, 0.5) is 0 Å². The molecule has 0 atom stereocenters. The molecule has 0 aliphatic carbocycles. The maximum absolute atomic E-state index is 13.5. The number of nitrogens with zero attached hydrogens (tertiary/aromatic N) is 4. The molecule has 5 aromatic rings. The molecular formula is C26H23N5O2S. The molecule has 0 saturated carbocycles. The fourth-order valence-corrected chi connectivity index (χ4v) is 4.58. The van der Waals surface area contributed by atoms with Crippen molar-refractivity contribution in [2.45, 2.75) is 20.0 Å². The highest BCUT2D eigenvalue weighted by atomic mass is 32.1. The molecule has 34 heavy (non-hydrogen) atoms. The second-order valence-electron chi connectivity index (χ2n) is 8.25. The van der Waals surface area contributed by atoms with E-state index in [1.165, 1.54) is 11.3 Å². The van der Waals surface area contributed by atoms with Crippen molar-refractivity contribution in [1.82, 2.24) is 24.6 Å². The number of thiophene rings is 1. The summed E-state index contributed by atoms with van der Waals surface area (Å²) in [7, 11) is 1.70. The van der Waals surface area contributed by atoms with E-state index >= 15 is 0 Å². The van der Waals surface area contributed by atoms with Crippen LogP contribution in [0.15, 0.2) is 77.0 Å². The number of amides is 1. The highest BCUT2D eigenvalue weighted by Gasteiger charge is 2.22. The van der Waals surface area contributed by atoms with E-state index in [1.807, 2.05) is 73.0 Å². The smallest absolute Gasteiger partial charge is 0.268 e. The minimum atomic E-state index is -0.192. The molecule has 0 bridgehead atoms. The van der Waals surface area contributed by atoms with Gasteiger partial charge < -0.3 is 9.88 Å². The number of aromatic amines is 1. The normalized spacial score (nSPS) is 11.1. The number of nitrogens with one attached hydrogen (secondary N) is 1. The van der Waals surface area contributed by atoms with Gasteiger partial charge in [0, 0.05) is 18.8 Å². The van der Waals surface area contributed by atoms with E-state index < -0.39 is 0 Å². The number of fused-ring (bicyclic) bond motifs is 1. The summed E-state index contributed by atoms with van der Waals surface area (Å²) in [6.07, 6.45) is 1.79. The molecule has 0 aliphatic rings. The Morgan fingerprint density at radius 2 is 1.85 bits per heavy atom. The molecule has 3 heterocycles. The van der Waals surface area contributed by atoms with Crippen molar-refractivity contribution in [1.29, 1.82) is 0 Å². The Morgan fingerprint density at radius 1 is 1.09 bits per heavy atom. The second kappa shape index (κ2) is 9.07. The average Bonchev–Trinajstić information content (AvgIpc) is 3.47. The van der Waals surface area contributed by atoms with Crippen molar-refractivity contribution >= 4 is 27.5 Å². The van der Waals surface area contributed by atoms with Gasteiger partial charge in [0.1, 0.15) is 16.2 Å². The van der Waals surface area contributed by atoms with E-state index in [9.17, 15) is 9.59 Å². The number of hydrogen-bond acceptors (Lipinski definition) is 5. The molecule has 1 N–H and O–H groups in total. The molecule has 3 aromatic heterocycles. The summed E-state index contributed by atoms with van der Waals surface area (Å²) in [5, 5.41) is 6.59. The molecule has 0 radical (unpaired) electrons. The van der Waals surface area contributed by atoms with Crippen LogP contribution in [0.2, 0.25) is 0 Å². The van der Waals surface area contributed by atoms with Crippen LogP contribution >= 0.6 is 11.3 Å². The number of rotatable bonds is 6. The number of hydrogen-bond donors (Lipinski definition) is 1. The molecule has 0 spiro atoms. The summed E-state index contributed by atoms with van der Waals surface area (Å²) < 4.78 is 2.38. The molecular weight excluding hydrogens is 446 g/mol. The fourth-order valence-electron chi connectivity index (χ4n) is 3.85. The standard InChI is InChI=1S/C26H23N5O2S/c1-17-8-10-19(11-9-17)23-20(15-31(29-23)14-18-6-4-3-5-7-18)26(33)30(2)16-22-27-21-12-13-34-24(21)25(32)28-22/h3-13,15H,14,16H2,1-2H3,(H,27,28,32). The van der Waals surface area contributed by atoms with Crippen LogP contribution < -0.4 is 5.56 Å². The van der Waals surface area contributed by atoms with E-state index in [0.29, 0.717) is 33.8 Å². The van der Waals surface area contributed by atoms with Crippen LogP contribution in [0.5, 0.6) is 0 Å². The Balaban J connectivity index is 1.47. The predicted molar refractivity (Wildman–Crippen MR) is 134 cm³/mol. The summed E-state index contributed by atoms with van der Waals surface area (Å²) >= 11 is 1.35. The Labute approximate surface area is 200 Å². The van der Waals surface area contributed by atoms with Gasteiger partial charge in [0.05, 0.1) is 24.2 Å². The number of carbonyl (C=O) groups excluding carboxylic acids is 1. The first-order valence-corrected chi connectivity index (χ1v) is 11.8. The SMILES string of the molecule is Cc1ccc(-c2nn(Cc3ccccc3)cc2C(=O)N(C)Cc2nc3ccsc3c(=O)[nH]2)cc1. The summed E-state index contributed by atoms with van der Waals surface area (Å²) in [5.74, 6) is 0.253. The Morgan fingerprint density at radius 3 is 2.62 bits per heavy atom. The van der Waals surface area contributed by atoms with Gasteiger partial charge in [-0.1, -0.05) is 60.2 Å². The Kier molecular flexibility index (Phi) is 5.81. The zero-order valence-electron chi connectivity index (χ0n) is 18.9. The topological polar surface area (TPSA) is 83.9 Å². The molecule has 170 valence electrons. The first-order chi connectivity index (χ1) is 16.5. The maximum atomic E-state index is 13.5. The molecule has 0 saturated heterocycles. The number of aryl methyl sites for hydroxylation is 1. The molecule has 7 nitrogen and oxygen atoms in total. The van der Waals surface area contributed by atoms with Crippen LogP contribution in [0.25, 0.3) is 21.5 Å². The summed E-state index contributed by atoms with van der Waals surface area (Å²) in [6, 6.07) is 19.8. The van der Waals surface area contributed by atoms with Gasteiger partial charge >= 0.3 is 0 Å². The van der Waals surface area contributed by atoms with Crippen molar-refractivity contribution in [2.24, 2.45) is 0 Å². The van der Waals surface area contributed by atoms with Gasteiger partial charge in [-0.3, -0.25) is 14.3 Å². The quantitative estimate of drug-likeness (QED) is 0.398.